The predicted molar refractivity (Wildman–Crippen MR) is 41.4 cm³/mol. The van der Waals surface area contributed by atoms with E-state index in [9.17, 15) is 8.76 Å². The van der Waals surface area contributed by atoms with Gasteiger partial charge in [0.25, 0.3) is 0 Å². The van der Waals surface area contributed by atoms with E-state index in [1.54, 1.807) is 0 Å². The van der Waals surface area contributed by atoms with Crippen LogP contribution in [0.4, 0.5) is 0 Å². The van der Waals surface area contributed by atoms with Crippen LogP contribution >= 0.6 is 0 Å². The Bertz CT molecular complexity index is 141. The average Bonchev–Trinajstić information content (AvgIpc) is 1.93. The number of hydrogen-bond donors (Lipinski definition) is 0. The van der Waals surface area contributed by atoms with Crippen LogP contribution in [0.25, 0.3) is 0 Å². The van der Waals surface area contributed by atoms with Crippen molar-refractivity contribution in [1.29, 1.82) is 0 Å². The van der Waals surface area contributed by atoms with Crippen LogP contribution in [0.1, 0.15) is 32.6 Å². The molecule has 3 nitrogen and oxygen atoms in total. The van der Waals surface area contributed by atoms with Crippen LogP contribution in [0.2, 0.25) is 0 Å². The van der Waals surface area contributed by atoms with Crippen molar-refractivity contribution in [1.82, 2.24) is 0 Å². The minimum Gasteiger partial charge on any atom is -0.750 e. The first kappa shape index (κ1) is 9.16. The lowest BCUT2D eigenvalue weighted by molar-refractivity contribution is 0.137. The van der Waals surface area contributed by atoms with Gasteiger partial charge >= 0.3 is 0 Å². The van der Waals surface area contributed by atoms with Gasteiger partial charge in [-0.1, -0.05) is 6.92 Å². The van der Waals surface area contributed by atoms with Crippen molar-refractivity contribution < 1.29 is 12.9 Å². The molecule has 0 aliphatic heterocycles. The lowest BCUT2D eigenvalue weighted by atomic mass is 9.89. The molecule has 0 aromatic rings. The van der Waals surface area contributed by atoms with Crippen LogP contribution in [-0.4, -0.2) is 14.9 Å². The SMILES string of the molecule is CC1CCC(OS(=O)[O-])CC1. The first-order valence-electron chi connectivity index (χ1n) is 3.95. The van der Waals surface area contributed by atoms with Crippen LogP contribution in [0.3, 0.4) is 0 Å². The molecule has 1 rings (SSSR count). The van der Waals surface area contributed by atoms with Crippen LogP contribution in [0, 0.1) is 5.92 Å². The molecule has 0 saturated heterocycles. The second-order valence-corrected chi connectivity index (χ2v) is 3.78. The van der Waals surface area contributed by atoms with Crippen molar-refractivity contribution in [3.05, 3.63) is 0 Å². The fourth-order valence-corrected chi connectivity index (χ4v) is 1.85. The van der Waals surface area contributed by atoms with E-state index in [4.69, 9.17) is 0 Å². The molecule has 1 aliphatic rings. The minimum absolute atomic E-state index is 0.0514. The number of rotatable bonds is 2. The molecule has 66 valence electrons. The van der Waals surface area contributed by atoms with E-state index >= 15 is 0 Å². The summed E-state index contributed by atoms with van der Waals surface area (Å²) < 4.78 is 24.9. The second-order valence-electron chi connectivity index (χ2n) is 3.18. The van der Waals surface area contributed by atoms with E-state index in [0.717, 1.165) is 31.6 Å². The van der Waals surface area contributed by atoms with E-state index in [1.807, 2.05) is 0 Å². The summed E-state index contributed by atoms with van der Waals surface area (Å²) in [7, 11) is 0. The Balaban J connectivity index is 2.22. The summed E-state index contributed by atoms with van der Waals surface area (Å²) in [6.07, 6.45) is 3.89. The third-order valence-corrected chi connectivity index (χ3v) is 2.61. The predicted octanol–water partition coefficient (Wildman–Crippen LogP) is 1.38. The Morgan fingerprint density at radius 2 is 1.91 bits per heavy atom. The second kappa shape index (κ2) is 4.18. The smallest absolute Gasteiger partial charge is 0.0844 e. The molecule has 0 spiro atoms. The summed E-state index contributed by atoms with van der Waals surface area (Å²) >= 11 is -2.32. The summed E-state index contributed by atoms with van der Waals surface area (Å²) in [6, 6.07) is 0. The molecule has 1 aliphatic carbocycles. The van der Waals surface area contributed by atoms with E-state index < -0.39 is 11.4 Å². The molecule has 0 N–H and O–H groups in total. The third-order valence-electron chi connectivity index (χ3n) is 2.18. The van der Waals surface area contributed by atoms with Gasteiger partial charge in [-0.25, -0.2) is 4.21 Å². The Hall–Kier alpha value is 0.0700. The maximum atomic E-state index is 10.1. The molecule has 1 fully saturated rings. The van der Waals surface area contributed by atoms with Gasteiger partial charge in [-0.2, -0.15) is 0 Å². The van der Waals surface area contributed by atoms with Crippen LogP contribution in [0.5, 0.6) is 0 Å². The summed E-state index contributed by atoms with van der Waals surface area (Å²) in [6.45, 7) is 2.18. The van der Waals surface area contributed by atoms with Gasteiger partial charge in [-0.15, -0.1) is 0 Å². The maximum Gasteiger partial charge on any atom is 0.0844 e. The summed E-state index contributed by atoms with van der Waals surface area (Å²) in [5.74, 6) is 0.731. The monoisotopic (exact) mass is 177 g/mol. The van der Waals surface area contributed by atoms with Gasteiger partial charge in [0.2, 0.25) is 0 Å². The van der Waals surface area contributed by atoms with Crippen molar-refractivity contribution in [2.45, 2.75) is 38.7 Å². The largest absolute Gasteiger partial charge is 0.750 e. The van der Waals surface area contributed by atoms with E-state index in [2.05, 4.69) is 11.1 Å². The van der Waals surface area contributed by atoms with Gasteiger partial charge in [0, 0.05) is 0 Å². The van der Waals surface area contributed by atoms with Gasteiger partial charge in [0.05, 0.1) is 17.5 Å². The molecule has 0 amide bonds. The highest BCUT2D eigenvalue weighted by atomic mass is 32.2. The Morgan fingerprint density at radius 1 is 1.36 bits per heavy atom. The lowest BCUT2D eigenvalue weighted by Gasteiger charge is -2.26. The van der Waals surface area contributed by atoms with Gasteiger partial charge in [-0.05, 0) is 31.6 Å². The zero-order chi connectivity index (χ0) is 8.27. The maximum absolute atomic E-state index is 10.1. The van der Waals surface area contributed by atoms with E-state index in [0.29, 0.717) is 0 Å². The normalized spacial score (nSPS) is 35.1. The first-order chi connectivity index (χ1) is 5.18. The Kier molecular flexibility index (Phi) is 3.48. The quantitative estimate of drug-likeness (QED) is 0.599. The van der Waals surface area contributed by atoms with E-state index in [-0.39, 0.29) is 6.10 Å². The summed E-state index contributed by atoms with van der Waals surface area (Å²) in [4.78, 5) is 0. The fourth-order valence-electron chi connectivity index (χ4n) is 1.44. The molecule has 0 radical (unpaired) electrons. The molecular weight excluding hydrogens is 164 g/mol. The molecule has 1 saturated carbocycles. The Labute approximate surface area is 69.6 Å². The van der Waals surface area contributed by atoms with Gasteiger partial charge in [0.15, 0.2) is 0 Å². The highest BCUT2D eigenvalue weighted by Crippen LogP contribution is 2.25. The van der Waals surface area contributed by atoms with Gasteiger partial charge in [0.1, 0.15) is 0 Å². The third kappa shape index (κ3) is 3.31. The van der Waals surface area contributed by atoms with Crippen molar-refractivity contribution in [2.75, 3.05) is 0 Å². The van der Waals surface area contributed by atoms with Crippen LogP contribution < -0.4 is 0 Å². The van der Waals surface area contributed by atoms with Crippen molar-refractivity contribution in [3.63, 3.8) is 0 Å². The molecule has 0 aromatic heterocycles. The van der Waals surface area contributed by atoms with Gasteiger partial charge < -0.3 is 4.55 Å². The zero-order valence-electron chi connectivity index (χ0n) is 6.62. The topological polar surface area (TPSA) is 49.4 Å². The van der Waals surface area contributed by atoms with E-state index in [1.165, 1.54) is 0 Å². The van der Waals surface area contributed by atoms with Crippen LogP contribution in [0.15, 0.2) is 0 Å². The number of hydrogen-bond acceptors (Lipinski definition) is 3. The molecule has 4 heteroatoms. The van der Waals surface area contributed by atoms with Crippen LogP contribution in [-0.2, 0) is 15.5 Å². The molecule has 0 heterocycles. The van der Waals surface area contributed by atoms with Crippen molar-refractivity contribution in [2.24, 2.45) is 5.92 Å². The molecule has 0 aromatic carbocycles. The van der Waals surface area contributed by atoms with Crippen molar-refractivity contribution >= 4 is 11.4 Å². The first-order valence-corrected chi connectivity index (χ1v) is 4.95. The summed E-state index contributed by atoms with van der Waals surface area (Å²) in [5, 5.41) is 0. The highest BCUT2D eigenvalue weighted by molar-refractivity contribution is 7.74. The molecule has 1 unspecified atom stereocenters. The summed E-state index contributed by atoms with van der Waals surface area (Å²) in [5.41, 5.74) is 0. The van der Waals surface area contributed by atoms with Crippen molar-refractivity contribution in [3.8, 4) is 0 Å². The molecule has 11 heavy (non-hydrogen) atoms. The fraction of sp³-hybridized carbons (Fsp3) is 1.00. The highest BCUT2D eigenvalue weighted by Gasteiger charge is 2.18. The standard InChI is InChI=1S/C7H14O3S/c1-6-2-4-7(5-3-6)10-11(8)9/h6-7H,2-5H2,1H3,(H,8,9)/p-1. The Morgan fingerprint density at radius 3 is 2.36 bits per heavy atom. The lowest BCUT2D eigenvalue weighted by Crippen LogP contribution is -2.21. The zero-order valence-corrected chi connectivity index (χ0v) is 7.43. The molecule has 0 bridgehead atoms. The average molecular weight is 177 g/mol. The van der Waals surface area contributed by atoms with Gasteiger partial charge in [-0.3, -0.25) is 4.18 Å². The molecular formula is C7H13O3S-. The molecule has 1 atom stereocenters. The minimum atomic E-state index is -2.32.